The van der Waals surface area contributed by atoms with Gasteiger partial charge in [0.25, 0.3) is 0 Å². The zero-order valence-corrected chi connectivity index (χ0v) is 10.5. The van der Waals surface area contributed by atoms with Gasteiger partial charge in [-0.05, 0) is 30.5 Å². The molecule has 16 heavy (non-hydrogen) atoms. The molecule has 1 fully saturated rings. The van der Waals surface area contributed by atoms with Crippen LogP contribution in [0.4, 0.5) is 0 Å². The SMILES string of the molecule is CC1CCN(C(CN)c2ccccc2Cl)C1. The lowest BCUT2D eigenvalue weighted by atomic mass is 10.1. The molecular weight excluding hydrogens is 220 g/mol. The summed E-state index contributed by atoms with van der Waals surface area (Å²) in [6.07, 6.45) is 1.26. The first-order valence-electron chi connectivity index (χ1n) is 5.91. The van der Waals surface area contributed by atoms with Crippen LogP contribution in [0.25, 0.3) is 0 Å². The number of hydrogen-bond donors (Lipinski definition) is 1. The van der Waals surface area contributed by atoms with Crippen LogP contribution < -0.4 is 5.73 Å². The smallest absolute Gasteiger partial charge is 0.0485 e. The zero-order chi connectivity index (χ0) is 11.5. The van der Waals surface area contributed by atoms with E-state index in [9.17, 15) is 0 Å². The summed E-state index contributed by atoms with van der Waals surface area (Å²) in [5, 5.41) is 0.831. The Morgan fingerprint density at radius 2 is 2.25 bits per heavy atom. The van der Waals surface area contributed by atoms with E-state index < -0.39 is 0 Å². The number of likely N-dealkylation sites (tertiary alicyclic amines) is 1. The lowest BCUT2D eigenvalue weighted by Crippen LogP contribution is -2.32. The van der Waals surface area contributed by atoms with Crippen LogP contribution in [0.3, 0.4) is 0 Å². The van der Waals surface area contributed by atoms with Gasteiger partial charge in [0.2, 0.25) is 0 Å². The molecule has 0 spiro atoms. The first kappa shape index (κ1) is 11.9. The van der Waals surface area contributed by atoms with Gasteiger partial charge in [0.15, 0.2) is 0 Å². The molecule has 0 radical (unpaired) electrons. The maximum atomic E-state index is 6.23. The van der Waals surface area contributed by atoms with E-state index in [1.54, 1.807) is 0 Å². The Balaban J connectivity index is 2.19. The van der Waals surface area contributed by atoms with Gasteiger partial charge in [-0.15, -0.1) is 0 Å². The van der Waals surface area contributed by atoms with Gasteiger partial charge < -0.3 is 5.73 Å². The molecule has 3 heteroatoms. The Kier molecular flexibility index (Phi) is 3.85. The molecule has 1 aliphatic rings. The van der Waals surface area contributed by atoms with Crippen molar-refractivity contribution in [1.29, 1.82) is 0 Å². The van der Waals surface area contributed by atoms with Crippen molar-refractivity contribution in [1.82, 2.24) is 4.90 Å². The Bertz CT molecular complexity index is 354. The van der Waals surface area contributed by atoms with Gasteiger partial charge in [-0.3, -0.25) is 4.90 Å². The van der Waals surface area contributed by atoms with Crippen LogP contribution in [-0.4, -0.2) is 24.5 Å². The van der Waals surface area contributed by atoms with Crippen molar-refractivity contribution < 1.29 is 0 Å². The number of rotatable bonds is 3. The molecule has 1 aromatic rings. The Morgan fingerprint density at radius 1 is 1.50 bits per heavy atom. The maximum absolute atomic E-state index is 6.23. The fraction of sp³-hybridized carbons (Fsp3) is 0.538. The quantitative estimate of drug-likeness (QED) is 0.878. The molecule has 88 valence electrons. The van der Waals surface area contributed by atoms with Gasteiger partial charge in [-0.1, -0.05) is 36.7 Å². The van der Waals surface area contributed by atoms with Crippen LogP contribution >= 0.6 is 11.6 Å². The van der Waals surface area contributed by atoms with Crippen molar-refractivity contribution in [3.8, 4) is 0 Å². The summed E-state index contributed by atoms with van der Waals surface area (Å²) in [6, 6.07) is 8.30. The third-order valence-corrected chi connectivity index (χ3v) is 3.73. The van der Waals surface area contributed by atoms with Crippen LogP contribution in [-0.2, 0) is 0 Å². The molecule has 0 bridgehead atoms. The van der Waals surface area contributed by atoms with Crippen molar-refractivity contribution in [3.05, 3.63) is 34.9 Å². The molecule has 0 aromatic heterocycles. The average Bonchev–Trinajstić information content (AvgIpc) is 2.69. The van der Waals surface area contributed by atoms with Crippen molar-refractivity contribution in [2.45, 2.75) is 19.4 Å². The molecule has 1 aliphatic heterocycles. The second kappa shape index (κ2) is 5.17. The molecule has 0 amide bonds. The second-order valence-corrected chi connectivity index (χ2v) is 5.07. The van der Waals surface area contributed by atoms with Crippen LogP contribution in [0.2, 0.25) is 5.02 Å². The summed E-state index contributed by atoms with van der Waals surface area (Å²) in [5.41, 5.74) is 7.07. The van der Waals surface area contributed by atoms with Crippen molar-refractivity contribution in [3.63, 3.8) is 0 Å². The highest BCUT2D eigenvalue weighted by molar-refractivity contribution is 6.31. The molecular formula is C13H19ClN2. The standard InChI is InChI=1S/C13H19ClN2/c1-10-6-7-16(9-10)13(8-15)11-4-2-3-5-12(11)14/h2-5,10,13H,6-9,15H2,1H3. The average molecular weight is 239 g/mol. The monoisotopic (exact) mass is 238 g/mol. The van der Waals surface area contributed by atoms with Crippen LogP contribution in [0.5, 0.6) is 0 Å². The number of halogens is 1. The van der Waals surface area contributed by atoms with Crippen LogP contribution in [0.1, 0.15) is 24.9 Å². The molecule has 1 saturated heterocycles. The van der Waals surface area contributed by atoms with Crippen LogP contribution in [0.15, 0.2) is 24.3 Å². The minimum absolute atomic E-state index is 0.277. The molecule has 2 N–H and O–H groups in total. The van der Waals surface area contributed by atoms with E-state index in [1.165, 1.54) is 12.0 Å². The van der Waals surface area contributed by atoms with E-state index in [2.05, 4.69) is 17.9 Å². The molecule has 0 aliphatic carbocycles. The van der Waals surface area contributed by atoms with Crippen molar-refractivity contribution >= 4 is 11.6 Å². The topological polar surface area (TPSA) is 29.3 Å². The largest absolute Gasteiger partial charge is 0.329 e. The molecule has 0 saturated carbocycles. The van der Waals surface area contributed by atoms with Crippen molar-refractivity contribution in [2.75, 3.05) is 19.6 Å². The zero-order valence-electron chi connectivity index (χ0n) is 9.70. The minimum atomic E-state index is 0.277. The van der Waals surface area contributed by atoms with Gasteiger partial charge in [-0.25, -0.2) is 0 Å². The van der Waals surface area contributed by atoms with E-state index in [-0.39, 0.29) is 6.04 Å². The van der Waals surface area contributed by atoms with Gasteiger partial charge >= 0.3 is 0 Å². The molecule has 2 nitrogen and oxygen atoms in total. The second-order valence-electron chi connectivity index (χ2n) is 4.66. The van der Waals surface area contributed by atoms with E-state index in [0.717, 1.165) is 24.0 Å². The fourth-order valence-electron chi connectivity index (χ4n) is 2.47. The fourth-order valence-corrected chi connectivity index (χ4v) is 2.73. The summed E-state index contributed by atoms with van der Waals surface area (Å²) in [7, 11) is 0. The lowest BCUT2D eigenvalue weighted by molar-refractivity contribution is 0.244. The van der Waals surface area contributed by atoms with Gasteiger partial charge in [0.05, 0.1) is 0 Å². The third kappa shape index (κ3) is 2.40. The Labute approximate surface area is 102 Å². The van der Waals surface area contributed by atoms with Crippen molar-refractivity contribution in [2.24, 2.45) is 11.7 Å². The normalized spacial score (nSPS) is 23.6. The van der Waals surface area contributed by atoms with Gasteiger partial charge in [-0.2, -0.15) is 0 Å². The first-order valence-corrected chi connectivity index (χ1v) is 6.28. The van der Waals surface area contributed by atoms with Gasteiger partial charge in [0, 0.05) is 24.2 Å². The number of nitrogens with zero attached hydrogens (tertiary/aromatic N) is 1. The summed E-state index contributed by atoms with van der Waals surface area (Å²) in [5.74, 6) is 0.775. The molecule has 2 unspecified atom stereocenters. The summed E-state index contributed by atoms with van der Waals surface area (Å²) in [6.45, 7) is 5.19. The minimum Gasteiger partial charge on any atom is -0.329 e. The highest BCUT2D eigenvalue weighted by Crippen LogP contribution is 2.30. The number of nitrogens with two attached hydrogens (primary N) is 1. The summed E-state index contributed by atoms with van der Waals surface area (Å²) < 4.78 is 0. The Hall–Kier alpha value is -0.570. The molecule has 2 atom stereocenters. The Morgan fingerprint density at radius 3 is 2.81 bits per heavy atom. The maximum Gasteiger partial charge on any atom is 0.0485 e. The first-order chi connectivity index (χ1) is 7.72. The molecule has 1 aromatic carbocycles. The van der Waals surface area contributed by atoms with Crippen LogP contribution in [0, 0.1) is 5.92 Å². The number of hydrogen-bond acceptors (Lipinski definition) is 2. The molecule has 2 rings (SSSR count). The van der Waals surface area contributed by atoms with E-state index in [1.807, 2.05) is 18.2 Å². The number of benzene rings is 1. The van der Waals surface area contributed by atoms with E-state index in [0.29, 0.717) is 6.54 Å². The highest BCUT2D eigenvalue weighted by Gasteiger charge is 2.26. The van der Waals surface area contributed by atoms with E-state index >= 15 is 0 Å². The molecule has 1 heterocycles. The summed E-state index contributed by atoms with van der Waals surface area (Å²) in [4.78, 5) is 2.45. The highest BCUT2D eigenvalue weighted by atomic mass is 35.5. The third-order valence-electron chi connectivity index (χ3n) is 3.38. The predicted molar refractivity (Wildman–Crippen MR) is 68.6 cm³/mol. The summed E-state index contributed by atoms with van der Waals surface area (Å²) >= 11 is 6.23. The van der Waals surface area contributed by atoms with Gasteiger partial charge in [0.1, 0.15) is 0 Å². The predicted octanol–water partition coefficient (Wildman–Crippen LogP) is 2.68. The van der Waals surface area contributed by atoms with E-state index in [4.69, 9.17) is 17.3 Å². The lowest BCUT2D eigenvalue weighted by Gasteiger charge is -2.27.